The fourth-order valence-electron chi connectivity index (χ4n) is 2.04. The van der Waals surface area contributed by atoms with Crippen LogP contribution in [-0.2, 0) is 0 Å². The first kappa shape index (κ1) is 12.5. The Morgan fingerprint density at radius 1 is 1.29 bits per heavy atom. The van der Waals surface area contributed by atoms with Crippen molar-refractivity contribution in [3.8, 4) is 0 Å². The number of benzene rings is 1. The summed E-state index contributed by atoms with van der Waals surface area (Å²) in [5, 5.41) is 1.23. The lowest BCUT2D eigenvalue weighted by Crippen LogP contribution is -2.05. The van der Waals surface area contributed by atoms with Gasteiger partial charge in [0.25, 0.3) is 0 Å². The molecule has 1 aromatic carbocycles. The largest absolute Gasteiger partial charge is 0.330 e. The lowest BCUT2D eigenvalue weighted by atomic mass is 9.97. The zero-order chi connectivity index (χ0) is 12.4. The molecule has 2 N–H and O–H groups in total. The highest BCUT2D eigenvalue weighted by atomic mass is 32.1. The molecule has 0 aliphatic rings. The maximum absolute atomic E-state index is 5.65. The molecule has 0 spiro atoms. The van der Waals surface area contributed by atoms with E-state index in [4.69, 9.17) is 10.7 Å². The summed E-state index contributed by atoms with van der Waals surface area (Å²) >= 11 is 1.81. The summed E-state index contributed by atoms with van der Waals surface area (Å²) in [5.41, 5.74) is 8.17. The Balaban J connectivity index is 2.49. The maximum Gasteiger partial charge on any atom is 0.0964 e. The highest BCUT2D eigenvalue weighted by Gasteiger charge is 2.13. The summed E-state index contributed by atoms with van der Waals surface area (Å²) in [6.07, 6.45) is 1.02. The fourth-order valence-corrected chi connectivity index (χ4v) is 3.04. The molecule has 92 valence electrons. The number of hydrogen-bond donors (Lipinski definition) is 1. The van der Waals surface area contributed by atoms with Gasteiger partial charge in [-0.15, -0.1) is 11.3 Å². The Kier molecular flexibility index (Phi) is 3.79. The highest BCUT2D eigenvalue weighted by molar-refractivity contribution is 7.18. The highest BCUT2D eigenvalue weighted by Crippen LogP contribution is 2.32. The Hall–Kier alpha value is -0.930. The van der Waals surface area contributed by atoms with Crippen molar-refractivity contribution in [1.29, 1.82) is 0 Å². The molecule has 0 saturated carbocycles. The Labute approximate surface area is 107 Å². The van der Waals surface area contributed by atoms with Crippen LogP contribution < -0.4 is 5.73 Å². The van der Waals surface area contributed by atoms with Crippen molar-refractivity contribution >= 4 is 21.6 Å². The second kappa shape index (κ2) is 5.15. The van der Waals surface area contributed by atoms with E-state index >= 15 is 0 Å². The number of thiazole rings is 1. The third-order valence-corrected chi connectivity index (χ3v) is 4.41. The first-order valence-electron chi connectivity index (χ1n) is 6.23. The van der Waals surface area contributed by atoms with Crippen LogP contribution in [0.25, 0.3) is 10.2 Å². The van der Waals surface area contributed by atoms with Gasteiger partial charge in [0.2, 0.25) is 0 Å². The van der Waals surface area contributed by atoms with Gasteiger partial charge in [-0.3, -0.25) is 0 Å². The van der Waals surface area contributed by atoms with Crippen LogP contribution in [0.5, 0.6) is 0 Å². The number of fused-ring (bicyclic) bond motifs is 1. The molecule has 3 heteroatoms. The molecule has 1 atom stereocenters. The summed E-state index contributed by atoms with van der Waals surface area (Å²) in [5.74, 6) is 0.996. The number of rotatable bonds is 4. The fraction of sp³-hybridized carbons (Fsp3) is 0.500. The number of aromatic nitrogens is 1. The van der Waals surface area contributed by atoms with Gasteiger partial charge in [0.1, 0.15) is 0 Å². The van der Waals surface area contributed by atoms with Crippen LogP contribution in [-0.4, -0.2) is 11.5 Å². The minimum Gasteiger partial charge on any atom is -0.330 e. The molecular formula is C14H20N2S. The summed E-state index contributed by atoms with van der Waals surface area (Å²) in [4.78, 5) is 4.79. The molecule has 17 heavy (non-hydrogen) atoms. The quantitative estimate of drug-likeness (QED) is 0.892. The number of para-hydroxylation sites is 1. The molecule has 0 aliphatic heterocycles. The predicted octanol–water partition coefficient (Wildman–Crippen LogP) is 3.87. The van der Waals surface area contributed by atoms with Crippen molar-refractivity contribution < 1.29 is 0 Å². The predicted molar refractivity (Wildman–Crippen MR) is 75.8 cm³/mol. The van der Waals surface area contributed by atoms with Gasteiger partial charge >= 0.3 is 0 Å². The average molecular weight is 248 g/mol. The minimum atomic E-state index is 0.491. The van der Waals surface area contributed by atoms with Crippen LogP contribution in [0.2, 0.25) is 0 Å². The Morgan fingerprint density at radius 2 is 2.06 bits per heavy atom. The van der Waals surface area contributed by atoms with E-state index in [0.29, 0.717) is 11.8 Å². The van der Waals surface area contributed by atoms with Crippen molar-refractivity contribution in [3.05, 3.63) is 28.8 Å². The first-order valence-corrected chi connectivity index (χ1v) is 7.04. The summed E-state index contributed by atoms with van der Waals surface area (Å²) < 4.78 is 1.30. The average Bonchev–Trinajstić information content (AvgIpc) is 2.72. The van der Waals surface area contributed by atoms with Gasteiger partial charge in [0, 0.05) is 5.92 Å². The summed E-state index contributed by atoms with van der Waals surface area (Å²) in [7, 11) is 0. The van der Waals surface area contributed by atoms with Gasteiger partial charge in [-0.25, -0.2) is 4.98 Å². The van der Waals surface area contributed by atoms with Gasteiger partial charge in [-0.05, 0) is 30.5 Å². The van der Waals surface area contributed by atoms with E-state index in [2.05, 4.69) is 39.0 Å². The van der Waals surface area contributed by atoms with Crippen molar-refractivity contribution in [2.75, 3.05) is 6.54 Å². The molecule has 0 bridgehead atoms. The van der Waals surface area contributed by atoms with Crippen LogP contribution in [0, 0.1) is 0 Å². The molecule has 2 rings (SSSR count). The molecule has 2 nitrogen and oxygen atoms in total. The molecule has 1 unspecified atom stereocenters. The monoisotopic (exact) mass is 248 g/mol. The smallest absolute Gasteiger partial charge is 0.0964 e. The van der Waals surface area contributed by atoms with Crippen molar-refractivity contribution in [3.63, 3.8) is 0 Å². The molecule has 0 amide bonds. The van der Waals surface area contributed by atoms with Crippen LogP contribution in [0.1, 0.15) is 49.6 Å². The summed E-state index contributed by atoms with van der Waals surface area (Å²) in [6.45, 7) is 7.36. The normalized spacial score (nSPS) is 13.5. The summed E-state index contributed by atoms with van der Waals surface area (Å²) in [6, 6.07) is 6.48. The zero-order valence-corrected chi connectivity index (χ0v) is 11.6. The van der Waals surface area contributed by atoms with E-state index in [0.717, 1.165) is 13.0 Å². The van der Waals surface area contributed by atoms with E-state index < -0.39 is 0 Å². The van der Waals surface area contributed by atoms with Gasteiger partial charge < -0.3 is 5.73 Å². The SMILES string of the molecule is CC(C)c1nc2c(C(C)CCN)cccc2s1. The molecular weight excluding hydrogens is 228 g/mol. The standard InChI is InChI=1S/C14H20N2S/c1-9(2)14-16-13-11(10(3)7-8-15)5-4-6-12(13)17-14/h4-6,9-10H,7-8,15H2,1-3H3. The van der Waals surface area contributed by atoms with Crippen LogP contribution in [0.15, 0.2) is 18.2 Å². The van der Waals surface area contributed by atoms with Crippen LogP contribution >= 0.6 is 11.3 Å². The van der Waals surface area contributed by atoms with Crippen molar-refractivity contribution in [2.45, 2.75) is 39.0 Å². The van der Waals surface area contributed by atoms with E-state index in [9.17, 15) is 0 Å². The number of nitrogens with zero attached hydrogens (tertiary/aromatic N) is 1. The minimum absolute atomic E-state index is 0.491. The number of nitrogens with two attached hydrogens (primary N) is 1. The molecule has 0 radical (unpaired) electrons. The molecule has 0 saturated heterocycles. The zero-order valence-electron chi connectivity index (χ0n) is 10.7. The van der Waals surface area contributed by atoms with E-state index in [-0.39, 0.29) is 0 Å². The van der Waals surface area contributed by atoms with Crippen molar-refractivity contribution in [1.82, 2.24) is 4.98 Å². The Morgan fingerprint density at radius 3 is 2.71 bits per heavy atom. The molecule has 1 aromatic heterocycles. The van der Waals surface area contributed by atoms with Crippen molar-refractivity contribution in [2.24, 2.45) is 5.73 Å². The second-order valence-corrected chi connectivity index (χ2v) is 5.94. The maximum atomic E-state index is 5.65. The molecule has 0 fully saturated rings. The van der Waals surface area contributed by atoms with E-state index in [1.807, 2.05) is 11.3 Å². The molecule has 2 aromatic rings. The van der Waals surface area contributed by atoms with Gasteiger partial charge in [0.15, 0.2) is 0 Å². The van der Waals surface area contributed by atoms with Gasteiger partial charge in [-0.1, -0.05) is 32.9 Å². The first-order chi connectivity index (χ1) is 8.13. The second-order valence-electron chi connectivity index (χ2n) is 4.88. The lowest BCUT2D eigenvalue weighted by Gasteiger charge is -2.10. The number of hydrogen-bond acceptors (Lipinski definition) is 3. The Bertz CT molecular complexity index is 502. The molecule has 0 aliphatic carbocycles. The van der Waals surface area contributed by atoms with Crippen LogP contribution in [0.3, 0.4) is 0 Å². The topological polar surface area (TPSA) is 38.9 Å². The third kappa shape index (κ3) is 2.50. The van der Waals surface area contributed by atoms with E-state index in [1.165, 1.54) is 20.8 Å². The lowest BCUT2D eigenvalue weighted by molar-refractivity contribution is 0.693. The molecule has 1 heterocycles. The van der Waals surface area contributed by atoms with Crippen LogP contribution in [0.4, 0.5) is 0 Å². The van der Waals surface area contributed by atoms with Gasteiger partial charge in [-0.2, -0.15) is 0 Å². The van der Waals surface area contributed by atoms with E-state index in [1.54, 1.807) is 0 Å². The van der Waals surface area contributed by atoms with Gasteiger partial charge in [0.05, 0.1) is 15.2 Å². The third-order valence-electron chi connectivity index (χ3n) is 3.09.